The molecule has 29 heavy (non-hydrogen) atoms. The van der Waals surface area contributed by atoms with Crippen LogP contribution < -0.4 is 5.32 Å². The highest BCUT2D eigenvalue weighted by Gasteiger charge is 2.10. The zero-order valence-corrected chi connectivity index (χ0v) is 17.6. The van der Waals surface area contributed by atoms with Crippen molar-refractivity contribution in [3.63, 3.8) is 0 Å². The Morgan fingerprint density at radius 1 is 0.966 bits per heavy atom. The molecule has 1 N–H and O–H groups in total. The summed E-state index contributed by atoms with van der Waals surface area (Å²) in [5.41, 5.74) is 4.62. The number of rotatable bonds is 6. The second-order valence-corrected chi connectivity index (χ2v) is 8.65. The van der Waals surface area contributed by atoms with Crippen molar-refractivity contribution in [3.05, 3.63) is 101 Å². The average molecular weight is 417 g/mol. The standard InChI is InChI=1S/C24H20N2OS2/c1-17-25-20(15-28-17)16-29-21-13-11-19(12-14-21)24(27)26-23-10-6-5-9-22(23)18-7-3-2-4-8-18/h2-15H,16H2,1H3,(H,26,27). The van der Waals surface area contributed by atoms with E-state index in [1.807, 2.05) is 85.8 Å². The molecule has 0 spiro atoms. The highest BCUT2D eigenvalue weighted by molar-refractivity contribution is 7.98. The minimum atomic E-state index is -0.111. The molecule has 0 bridgehead atoms. The summed E-state index contributed by atoms with van der Waals surface area (Å²) in [7, 11) is 0. The van der Waals surface area contributed by atoms with Gasteiger partial charge >= 0.3 is 0 Å². The van der Waals surface area contributed by atoms with Crippen molar-refractivity contribution in [1.29, 1.82) is 0 Å². The first kappa shape index (κ1) is 19.4. The minimum Gasteiger partial charge on any atom is -0.321 e. The Morgan fingerprint density at radius 3 is 2.41 bits per heavy atom. The largest absolute Gasteiger partial charge is 0.321 e. The van der Waals surface area contributed by atoms with Gasteiger partial charge in [0.25, 0.3) is 5.91 Å². The third kappa shape index (κ3) is 4.94. The topological polar surface area (TPSA) is 42.0 Å². The molecule has 0 saturated carbocycles. The molecule has 0 aliphatic carbocycles. The maximum Gasteiger partial charge on any atom is 0.255 e. The van der Waals surface area contributed by atoms with Gasteiger partial charge in [0.2, 0.25) is 0 Å². The van der Waals surface area contributed by atoms with E-state index in [1.54, 1.807) is 23.1 Å². The van der Waals surface area contributed by atoms with Gasteiger partial charge in [-0.3, -0.25) is 4.79 Å². The second kappa shape index (κ2) is 9.07. The minimum absolute atomic E-state index is 0.111. The summed E-state index contributed by atoms with van der Waals surface area (Å²) in [5, 5.41) is 6.23. The van der Waals surface area contributed by atoms with Crippen LogP contribution in [0.15, 0.2) is 89.1 Å². The number of hydrogen-bond acceptors (Lipinski definition) is 4. The van der Waals surface area contributed by atoms with Crippen LogP contribution in [0, 0.1) is 6.92 Å². The Kier molecular flexibility index (Phi) is 6.08. The highest BCUT2D eigenvalue weighted by Crippen LogP contribution is 2.28. The maximum absolute atomic E-state index is 12.8. The summed E-state index contributed by atoms with van der Waals surface area (Å²) in [6, 6.07) is 25.6. The number of anilines is 1. The van der Waals surface area contributed by atoms with Crippen LogP contribution in [0.1, 0.15) is 21.1 Å². The van der Waals surface area contributed by atoms with Crippen LogP contribution in [-0.2, 0) is 5.75 Å². The summed E-state index contributed by atoms with van der Waals surface area (Å²) in [6.45, 7) is 2.02. The van der Waals surface area contributed by atoms with Gasteiger partial charge in [0.15, 0.2) is 0 Å². The molecular formula is C24H20N2OS2. The zero-order chi connectivity index (χ0) is 20.1. The van der Waals surface area contributed by atoms with Crippen LogP contribution in [0.25, 0.3) is 11.1 Å². The smallest absolute Gasteiger partial charge is 0.255 e. The number of aryl methyl sites for hydroxylation is 1. The summed E-state index contributed by atoms with van der Waals surface area (Å²) in [4.78, 5) is 18.4. The second-order valence-electron chi connectivity index (χ2n) is 6.54. The van der Waals surface area contributed by atoms with Crippen molar-refractivity contribution in [2.45, 2.75) is 17.6 Å². The molecule has 0 fully saturated rings. The lowest BCUT2D eigenvalue weighted by Gasteiger charge is -2.11. The Bertz CT molecular complexity index is 1110. The number of nitrogens with one attached hydrogen (secondary N) is 1. The van der Waals surface area contributed by atoms with Crippen molar-refractivity contribution in [2.24, 2.45) is 0 Å². The van der Waals surface area contributed by atoms with Gasteiger partial charge in [-0.05, 0) is 42.8 Å². The van der Waals surface area contributed by atoms with E-state index in [4.69, 9.17) is 0 Å². The molecule has 0 atom stereocenters. The summed E-state index contributed by atoms with van der Waals surface area (Å²) < 4.78 is 0. The number of nitrogens with zero attached hydrogens (tertiary/aromatic N) is 1. The zero-order valence-electron chi connectivity index (χ0n) is 16.0. The molecule has 0 saturated heterocycles. The van der Waals surface area contributed by atoms with E-state index < -0.39 is 0 Å². The van der Waals surface area contributed by atoms with Crippen molar-refractivity contribution >= 4 is 34.7 Å². The third-order valence-corrected chi connectivity index (χ3v) is 6.30. The molecule has 5 heteroatoms. The van der Waals surface area contributed by atoms with E-state index in [1.165, 1.54) is 0 Å². The Balaban J connectivity index is 1.44. The van der Waals surface area contributed by atoms with Gasteiger partial charge in [-0.2, -0.15) is 0 Å². The Morgan fingerprint density at radius 2 is 1.69 bits per heavy atom. The molecule has 0 unspecified atom stereocenters. The number of benzene rings is 3. The number of carbonyl (C=O) groups excluding carboxylic acids is 1. The predicted octanol–water partition coefficient (Wildman–Crippen LogP) is 6.66. The monoisotopic (exact) mass is 416 g/mol. The molecular weight excluding hydrogens is 396 g/mol. The Hall–Kier alpha value is -2.89. The fourth-order valence-corrected chi connectivity index (χ4v) is 4.50. The van der Waals surface area contributed by atoms with Crippen LogP contribution in [0.3, 0.4) is 0 Å². The molecule has 0 aliphatic heterocycles. The van der Waals surface area contributed by atoms with Crippen molar-refractivity contribution in [2.75, 3.05) is 5.32 Å². The lowest BCUT2D eigenvalue weighted by Crippen LogP contribution is -2.12. The van der Waals surface area contributed by atoms with Crippen LogP contribution in [-0.4, -0.2) is 10.9 Å². The van der Waals surface area contributed by atoms with Gasteiger partial charge in [0.1, 0.15) is 0 Å². The SMILES string of the molecule is Cc1nc(CSc2ccc(C(=O)Nc3ccccc3-c3ccccc3)cc2)cs1. The fraction of sp³-hybridized carbons (Fsp3) is 0.0833. The molecule has 1 aromatic heterocycles. The van der Waals surface area contributed by atoms with E-state index in [9.17, 15) is 4.79 Å². The summed E-state index contributed by atoms with van der Waals surface area (Å²) in [5.74, 6) is 0.723. The van der Waals surface area contributed by atoms with Crippen molar-refractivity contribution in [3.8, 4) is 11.1 Å². The number of thiazole rings is 1. The quantitative estimate of drug-likeness (QED) is 0.357. The molecule has 0 aliphatic rings. The first-order valence-corrected chi connectivity index (χ1v) is 11.2. The lowest BCUT2D eigenvalue weighted by atomic mass is 10.0. The van der Waals surface area contributed by atoms with Gasteiger partial charge in [-0.1, -0.05) is 48.5 Å². The number of amides is 1. The van der Waals surface area contributed by atoms with Gasteiger partial charge in [0.05, 0.1) is 10.7 Å². The van der Waals surface area contributed by atoms with E-state index in [0.29, 0.717) is 5.56 Å². The van der Waals surface area contributed by atoms with Gasteiger partial charge in [-0.15, -0.1) is 23.1 Å². The average Bonchev–Trinajstić information content (AvgIpc) is 3.19. The van der Waals surface area contributed by atoms with Gasteiger partial charge < -0.3 is 5.32 Å². The van der Waals surface area contributed by atoms with Crippen LogP contribution in [0.2, 0.25) is 0 Å². The lowest BCUT2D eigenvalue weighted by molar-refractivity contribution is 0.102. The number of carbonyl (C=O) groups is 1. The fourth-order valence-electron chi connectivity index (χ4n) is 2.99. The molecule has 4 aromatic rings. The third-order valence-electron chi connectivity index (χ3n) is 4.43. The van der Waals surface area contributed by atoms with E-state index in [2.05, 4.69) is 15.7 Å². The van der Waals surface area contributed by atoms with E-state index in [-0.39, 0.29) is 5.91 Å². The van der Waals surface area contributed by atoms with Crippen LogP contribution in [0.4, 0.5) is 5.69 Å². The number of hydrogen-bond donors (Lipinski definition) is 1. The predicted molar refractivity (Wildman–Crippen MR) is 123 cm³/mol. The molecule has 1 heterocycles. The first-order valence-electron chi connectivity index (χ1n) is 9.29. The van der Waals surface area contributed by atoms with Crippen molar-refractivity contribution in [1.82, 2.24) is 4.98 Å². The van der Waals surface area contributed by atoms with E-state index in [0.717, 1.165) is 38.2 Å². The van der Waals surface area contributed by atoms with Gasteiger partial charge in [0, 0.05) is 32.8 Å². The first-order chi connectivity index (χ1) is 14.2. The summed E-state index contributed by atoms with van der Waals surface area (Å²) >= 11 is 3.39. The molecule has 1 amide bonds. The highest BCUT2D eigenvalue weighted by atomic mass is 32.2. The molecule has 3 nitrogen and oxygen atoms in total. The van der Waals surface area contributed by atoms with E-state index >= 15 is 0 Å². The van der Waals surface area contributed by atoms with Gasteiger partial charge in [-0.25, -0.2) is 4.98 Å². The Labute approximate surface area is 178 Å². The molecule has 144 valence electrons. The number of thioether (sulfide) groups is 1. The number of aromatic nitrogens is 1. The normalized spacial score (nSPS) is 10.7. The van der Waals surface area contributed by atoms with Crippen LogP contribution >= 0.6 is 23.1 Å². The number of para-hydroxylation sites is 1. The maximum atomic E-state index is 12.8. The summed E-state index contributed by atoms with van der Waals surface area (Å²) in [6.07, 6.45) is 0. The van der Waals surface area contributed by atoms with Crippen LogP contribution in [0.5, 0.6) is 0 Å². The van der Waals surface area contributed by atoms with Crippen molar-refractivity contribution < 1.29 is 4.79 Å². The molecule has 0 radical (unpaired) electrons. The molecule has 4 rings (SSSR count). The molecule has 3 aromatic carbocycles.